The van der Waals surface area contributed by atoms with E-state index < -0.39 is 0 Å². The summed E-state index contributed by atoms with van der Waals surface area (Å²) in [6, 6.07) is 15.2. The molecule has 2 aromatic carbocycles. The van der Waals surface area contributed by atoms with Gasteiger partial charge in [-0.1, -0.05) is 24.3 Å². The number of phenols is 1. The van der Waals surface area contributed by atoms with E-state index in [4.69, 9.17) is 0 Å². The molecule has 4 heterocycles. The van der Waals surface area contributed by atoms with Crippen LogP contribution in [0.25, 0.3) is 10.9 Å². The molecule has 0 aliphatic carbocycles. The molecule has 1 fully saturated rings. The summed E-state index contributed by atoms with van der Waals surface area (Å²) in [6.07, 6.45) is 3.28. The molecule has 186 valence electrons. The number of hydrogen-bond donors (Lipinski definition) is 1. The average Bonchev–Trinajstić information content (AvgIpc) is 3.26. The van der Waals surface area contributed by atoms with Gasteiger partial charge in [-0.3, -0.25) is 14.6 Å². The van der Waals surface area contributed by atoms with Crippen molar-refractivity contribution in [1.82, 2.24) is 19.8 Å². The van der Waals surface area contributed by atoms with E-state index in [2.05, 4.69) is 14.9 Å². The number of hydrogen-bond acceptors (Lipinski definition) is 6. The fraction of sp³-hybridized carbons (Fsp3) is 0.214. The molecule has 0 spiro atoms. The highest BCUT2D eigenvalue weighted by Gasteiger charge is 2.38. The molecule has 9 heteroatoms. The molecule has 8 nitrogen and oxygen atoms in total. The molecule has 0 unspecified atom stereocenters. The van der Waals surface area contributed by atoms with Gasteiger partial charge in [-0.2, -0.15) is 0 Å². The van der Waals surface area contributed by atoms with Crippen molar-refractivity contribution in [2.75, 3.05) is 31.1 Å². The second kappa shape index (κ2) is 9.16. The van der Waals surface area contributed by atoms with Gasteiger partial charge in [0.1, 0.15) is 17.2 Å². The van der Waals surface area contributed by atoms with Gasteiger partial charge in [0.2, 0.25) is 0 Å². The van der Waals surface area contributed by atoms with E-state index in [1.54, 1.807) is 40.3 Å². The van der Waals surface area contributed by atoms with Crippen LogP contribution in [0.1, 0.15) is 31.8 Å². The van der Waals surface area contributed by atoms with Gasteiger partial charge in [-0.25, -0.2) is 9.37 Å². The van der Waals surface area contributed by atoms with Crippen LogP contribution in [0.3, 0.4) is 0 Å². The van der Waals surface area contributed by atoms with Crippen molar-refractivity contribution in [2.24, 2.45) is 0 Å². The van der Waals surface area contributed by atoms with Crippen LogP contribution < -0.4 is 4.90 Å². The van der Waals surface area contributed by atoms with Gasteiger partial charge in [-0.05, 0) is 35.9 Å². The highest BCUT2D eigenvalue weighted by atomic mass is 19.1. The minimum Gasteiger partial charge on any atom is -0.505 e. The Kier molecular flexibility index (Phi) is 5.67. The Morgan fingerprint density at radius 2 is 1.70 bits per heavy atom. The summed E-state index contributed by atoms with van der Waals surface area (Å²) in [7, 11) is 0. The van der Waals surface area contributed by atoms with Crippen LogP contribution >= 0.6 is 0 Å². The Balaban J connectivity index is 1.34. The van der Waals surface area contributed by atoms with E-state index in [1.807, 2.05) is 18.2 Å². The largest absolute Gasteiger partial charge is 0.505 e. The average molecular weight is 498 g/mol. The fourth-order valence-electron chi connectivity index (χ4n) is 5.17. The number of aromatic hydroxyl groups is 1. The summed E-state index contributed by atoms with van der Waals surface area (Å²) in [5.41, 5.74) is 2.00. The number of fused-ring (bicyclic) bond motifs is 2. The van der Waals surface area contributed by atoms with E-state index in [9.17, 15) is 19.1 Å². The molecule has 0 radical (unpaired) electrons. The third kappa shape index (κ3) is 4.02. The molecule has 2 aromatic heterocycles. The second-order valence-electron chi connectivity index (χ2n) is 9.23. The third-order valence-electron chi connectivity index (χ3n) is 7.03. The van der Waals surface area contributed by atoms with Crippen LogP contribution in [0, 0.1) is 5.82 Å². The predicted molar refractivity (Wildman–Crippen MR) is 136 cm³/mol. The third-order valence-corrected chi connectivity index (χ3v) is 7.03. The SMILES string of the molecule is O=C1c2c(c(C(=O)N3CCN(c4ccccn4)CC3)c3cccnc3c2O)CN1Cc1ccc(F)cc1. The lowest BCUT2D eigenvalue weighted by Crippen LogP contribution is -2.49. The van der Waals surface area contributed by atoms with Crippen LogP contribution in [0.2, 0.25) is 0 Å². The number of halogens is 1. The summed E-state index contributed by atoms with van der Waals surface area (Å²) in [5.74, 6) is -0.263. The van der Waals surface area contributed by atoms with E-state index in [-0.39, 0.29) is 47.6 Å². The van der Waals surface area contributed by atoms with Gasteiger partial charge in [0.05, 0.1) is 11.1 Å². The van der Waals surface area contributed by atoms with Crippen LogP contribution in [-0.2, 0) is 13.1 Å². The number of aromatic nitrogens is 2. The van der Waals surface area contributed by atoms with E-state index in [0.717, 1.165) is 11.4 Å². The molecule has 0 atom stereocenters. The maximum atomic E-state index is 13.9. The number of benzene rings is 2. The normalized spacial score (nSPS) is 15.4. The van der Waals surface area contributed by atoms with Gasteiger partial charge in [-0.15, -0.1) is 0 Å². The number of nitrogens with zero attached hydrogens (tertiary/aromatic N) is 5. The van der Waals surface area contributed by atoms with Gasteiger partial charge in [0.25, 0.3) is 11.8 Å². The molecule has 2 aliphatic heterocycles. The van der Waals surface area contributed by atoms with E-state index in [1.165, 1.54) is 18.3 Å². The number of anilines is 1. The second-order valence-corrected chi connectivity index (χ2v) is 9.23. The Hall–Kier alpha value is -4.53. The molecule has 4 aromatic rings. The van der Waals surface area contributed by atoms with E-state index >= 15 is 0 Å². The standard InChI is InChI=1S/C28H24FN5O3/c29-19-8-6-18(7-9-19)16-34-17-21-23(20-4-3-11-31-25(20)26(35)24(21)28(34)37)27(36)33-14-12-32(13-15-33)22-5-1-2-10-30-22/h1-11,35H,12-17H2. The highest BCUT2D eigenvalue weighted by molar-refractivity contribution is 6.15. The summed E-state index contributed by atoms with van der Waals surface area (Å²) in [6.45, 7) is 2.66. The molecule has 37 heavy (non-hydrogen) atoms. The lowest BCUT2D eigenvalue weighted by atomic mass is 9.95. The molecular formula is C28H24FN5O3. The van der Waals surface area contributed by atoms with Crippen LogP contribution in [0.4, 0.5) is 10.2 Å². The van der Waals surface area contributed by atoms with Crippen LogP contribution in [0.5, 0.6) is 5.75 Å². The summed E-state index contributed by atoms with van der Waals surface area (Å²) < 4.78 is 13.4. The van der Waals surface area contributed by atoms with Gasteiger partial charge < -0.3 is 19.8 Å². The van der Waals surface area contributed by atoms with Crippen molar-refractivity contribution in [3.63, 3.8) is 0 Å². The number of pyridine rings is 2. The first-order valence-corrected chi connectivity index (χ1v) is 12.1. The first-order valence-electron chi connectivity index (χ1n) is 12.1. The summed E-state index contributed by atoms with van der Waals surface area (Å²) >= 11 is 0. The molecule has 2 amide bonds. The smallest absolute Gasteiger partial charge is 0.258 e. The Morgan fingerprint density at radius 1 is 0.946 bits per heavy atom. The Bertz CT molecular complexity index is 1500. The molecule has 1 saturated heterocycles. The molecule has 0 bridgehead atoms. The number of carbonyl (C=O) groups is 2. The molecule has 6 rings (SSSR count). The van der Waals surface area contributed by atoms with Crippen molar-refractivity contribution in [1.29, 1.82) is 0 Å². The fourth-order valence-corrected chi connectivity index (χ4v) is 5.17. The quantitative estimate of drug-likeness (QED) is 0.464. The number of carbonyl (C=O) groups excluding carboxylic acids is 2. The van der Waals surface area contributed by atoms with Crippen LogP contribution in [0.15, 0.2) is 67.0 Å². The first kappa shape index (κ1) is 22.9. The number of piperazine rings is 1. The Morgan fingerprint density at radius 3 is 2.43 bits per heavy atom. The molecular weight excluding hydrogens is 473 g/mol. The number of phenolic OH excluding ortho intramolecular Hbond substituents is 1. The molecule has 2 aliphatic rings. The van der Waals surface area contributed by atoms with Gasteiger partial charge in [0.15, 0.2) is 5.75 Å². The zero-order valence-electron chi connectivity index (χ0n) is 20.0. The maximum absolute atomic E-state index is 13.9. The molecule has 0 saturated carbocycles. The minimum atomic E-state index is -0.376. The lowest BCUT2D eigenvalue weighted by Gasteiger charge is -2.35. The summed E-state index contributed by atoms with van der Waals surface area (Å²) in [5, 5.41) is 11.6. The number of rotatable bonds is 4. The molecule has 1 N–H and O–H groups in total. The number of amides is 2. The van der Waals surface area contributed by atoms with Gasteiger partial charge in [0, 0.05) is 62.6 Å². The van der Waals surface area contributed by atoms with Gasteiger partial charge >= 0.3 is 0 Å². The van der Waals surface area contributed by atoms with Crippen molar-refractivity contribution in [3.8, 4) is 5.75 Å². The monoisotopic (exact) mass is 497 g/mol. The van der Waals surface area contributed by atoms with Crippen molar-refractivity contribution in [2.45, 2.75) is 13.1 Å². The predicted octanol–water partition coefficient (Wildman–Crippen LogP) is 3.59. The van der Waals surface area contributed by atoms with Crippen molar-refractivity contribution in [3.05, 3.63) is 95.1 Å². The minimum absolute atomic E-state index is 0.115. The maximum Gasteiger partial charge on any atom is 0.258 e. The summed E-state index contributed by atoms with van der Waals surface area (Å²) in [4.78, 5) is 41.5. The topological polar surface area (TPSA) is 89.9 Å². The van der Waals surface area contributed by atoms with Crippen molar-refractivity contribution < 1.29 is 19.1 Å². The van der Waals surface area contributed by atoms with Crippen LogP contribution in [-0.4, -0.2) is 62.9 Å². The zero-order valence-corrected chi connectivity index (χ0v) is 20.0. The lowest BCUT2D eigenvalue weighted by molar-refractivity contribution is 0.0738. The van der Waals surface area contributed by atoms with Crippen molar-refractivity contribution >= 4 is 28.5 Å². The first-order chi connectivity index (χ1) is 18.0. The zero-order chi connectivity index (χ0) is 25.5. The van der Waals surface area contributed by atoms with E-state index in [0.29, 0.717) is 42.7 Å². The Labute approximate surface area is 212 Å². The highest BCUT2D eigenvalue weighted by Crippen LogP contribution is 2.40.